The highest BCUT2D eigenvalue weighted by atomic mass is 32.1. The molecule has 0 aromatic carbocycles. The van der Waals surface area contributed by atoms with Gasteiger partial charge in [-0.2, -0.15) is 0 Å². The summed E-state index contributed by atoms with van der Waals surface area (Å²) in [6, 6.07) is 1.65. The first-order valence-corrected chi connectivity index (χ1v) is 7.23. The summed E-state index contributed by atoms with van der Waals surface area (Å²) in [6.07, 6.45) is 5.02. The van der Waals surface area contributed by atoms with Crippen LogP contribution in [0.2, 0.25) is 0 Å². The third kappa shape index (κ3) is 3.19. The minimum Gasteiger partial charge on any atom is -0.482 e. The van der Waals surface area contributed by atoms with Crippen molar-refractivity contribution in [2.45, 2.75) is 26.2 Å². The number of carboxylic acid groups (broad SMARTS) is 1. The van der Waals surface area contributed by atoms with E-state index < -0.39 is 5.97 Å². The van der Waals surface area contributed by atoms with Gasteiger partial charge in [0.05, 0.1) is 0 Å². The molecule has 0 unspecified atom stereocenters. The molecule has 1 aliphatic rings. The van der Waals surface area contributed by atoms with Gasteiger partial charge in [0.2, 0.25) is 0 Å². The van der Waals surface area contributed by atoms with Crippen molar-refractivity contribution < 1.29 is 19.4 Å². The van der Waals surface area contributed by atoms with Crippen LogP contribution in [0.15, 0.2) is 17.8 Å². The summed E-state index contributed by atoms with van der Waals surface area (Å²) in [5.41, 5.74) is 1.01. The molecule has 0 fully saturated rings. The lowest BCUT2D eigenvalue weighted by molar-refractivity contribution is -0.130. The zero-order valence-electron chi connectivity index (χ0n) is 11.5. The maximum Gasteiger partial charge on any atom is 0.349 e. The number of carboxylic acids is 1. The average molecular weight is 295 g/mol. The number of carbonyl (C=O) groups is 2. The maximum absolute atomic E-state index is 12.0. The number of allylic oxidation sites excluding steroid dienone is 2. The molecule has 5 nitrogen and oxygen atoms in total. The Morgan fingerprint density at radius 1 is 1.50 bits per heavy atom. The molecule has 0 saturated carbocycles. The molecular weight excluding hydrogens is 278 g/mol. The standard InChI is InChI=1S/C14H17NO4S/c1-9-7-11(13(20-9)14(17)18)19-8-12(16)15(2)10-5-3-4-6-10/h5,7H,3-4,6,8H2,1-2H3,(H,17,18). The monoisotopic (exact) mass is 295 g/mol. The fourth-order valence-corrected chi connectivity index (χ4v) is 2.90. The normalized spacial score (nSPS) is 14.0. The van der Waals surface area contributed by atoms with Crippen LogP contribution in [0, 0.1) is 6.92 Å². The molecule has 20 heavy (non-hydrogen) atoms. The quantitative estimate of drug-likeness (QED) is 0.907. The third-order valence-electron chi connectivity index (χ3n) is 3.19. The topological polar surface area (TPSA) is 66.8 Å². The first kappa shape index (κ1) is 14.6. The highest BCUT2D eigenvalue weighted by Crippen LogP contribution is 2.29. The summed E-state index contributed by atoms with van der Waals surface area (Å²) in [6.45, 7) is 1.66. The van der Waals surface area contributed by atoms with Crippen LogP contribution in [0.1, 0.15) is 33.8 Å². The molecule has 0 saturated heterocycles. The van der Waals surface area contributed by atoms with E-state index in [9.17, 15) is 9.59 Å². The Morgan fingerprint density at radius 2 is 2.25 bits per heavy atom. The first-order chi connectivity index (χ1) is 9.49. The molecule has 1 aliphatic carbocycles. The summed E-state index contributed by atoms with van der Waals surface area (Å²) < 4.78 is 5.37. The molecule has 0 bridgehead atoms. The molecule has 0 spiro atoms. The minimum absolute atomic E-state index is 0.137. The van der Waals surface area contributed by atoms with E-state index in [0.29, 0.717) is 0 Å². The molecule has 2 rings (SSSR count). The van der Waals surface area contributed by atoms with Crippen molar-refractivity contribution in [1.82, 2.24) is 4.90 Å². The van der Waals surface area contributed by atoms with Crippen LogP contribution < -0.4 is 4.74 Å². The molecule has 0 atom stereocenters. The van der Waals surface area contributed by atoms with E-state index in [1.165, 1.54) is 0 Å². The van der Waals surface area contributed by atoms with Gasteiger partial charge < -0.3 is 14.7 Å². The number of aryl methyl sites for hydroxylation is 1. The smallest absolute Gasteiger partial charge is 0.349 e. The van der Waals surface area contributed by atoms with E-state index in [1.807, 2.05) is 0 Å². The Kier molecular flexibility index (Phi) is 4.44. The average Bonchev–Trinajstić information content (AvgIpc) is 3.04. The minimum atomic E-state index is -1.03. The summed E-state index contributed by atoms with van der Waals surface area (Å²) in [5, 5.41) is 9.05. The molecule has 1 aromatic rings. The lowest BCUT2D eigenvalue weighted by Crippen LogP contribution is -2.30. The Labute approximate surface area is 121 Å². The van der Waals surface area contributed by atoms with Gasteiger partial charge in [-0.3, -0.25) is 4.79 Å². The van der Waals surface area contributed by atoms with Crippen molar-refractivity contribution in [3.63, 3.8) is 0 Å². The molecule has 1 N–H and O–H groups in total. The molecule has 0 aliphatic heterocycles. The zero-order valence-corrected chi connectivity index (χ0v) is 12.3. The van der Waals surface area contributed by atoms with Crippen molar-refractivity contribution >= 4 is 23.2 Å². The number of thiophene rings is 1. The molecule has 1 amide bonds. The molecule has 1 heterocycles. The highest BCUT2D eigenvalue weighted by Gasteiger charge is 2.19. The number of ether oxygens (including phenoxy) is 1. The van der Waals surface area contributed by atoms with Crippen molar-refractivity contribution in [2.75, 3.05) is 13.7 Å². The number of likely N-dealkylation sites (N-methyl/N-ethyl adjacent to an activating group) is 1. The number of carbonyl (C=O) groups excluding carboxylic acids is 1. The van der Waals surface area contributed by atoms with E-state index in [4.69, 9.17) is 9.84 Å². The number of hydrogen-bond acceptors (Lipinski definition) is 4. The Balaban J connectivity index is 1.98. The summed E-state index contributed by atoms with van der Waals surface area (Å²) in [4.78, 5) is 25.6. The predicted octanol–water partition coefficient (Wildman–Crippen LogP) is 2.66. The lowest BCUT2D eigenvalue weighted by Gasteiger charge is -2.18. The molecule has 0 radical (unpaired) electrons. The number of hydrogen-bond donors (Lipinski definition) is 1. The van der Waals surface area contributed by atoms with Gasteiger partial charge in [-0.25, -0.2) is 4.79 Å². The largest absolute Gasteiger partial charge is 0.482 e. The second kappa shape index (κ2) is 6.09. The Hall–Kier alpha value is -1.82. The summed E-state index contributed by atoms with van der Waals surface area (Å²) in [7, 11) is 1.72. The van der Waals surface area contributed by atoms with Crippen molar-refractivity contribution in [2.24, 2.45) is 0 Å². The lowest BCUT2D eigenvalue weighted by atomic mass is 10.3. The summed E-state index contributed by atoms with van der Waals surface area (Å²) >= 11 is 1.15. The van der Waals surface area contributed by atoms with E-state index in [-0.39, 0.29) is 23.1 Å². The van der Waals surface area contributed by atoms with Crippen molar-refractivity contribution in [3.05, 3.63) is 27.6 Å². The molecule has 6 heteroatoms. The highest BCUT2D eigenvalue weighted by molar-refractivity contribution is 7.14. The van der Waals surface area contributed by atoms with Crippen LogP contribution in [0.25, 0.3) is 0 Å². The van der Waals surface area contributed by atoms with Crippen LogP contribution >= 0.6 is 11.3 Å². The second-order valence-electron chi connectivity index (χ2n) is 4.68. The number of aromatic carboxylic acids is 1. The van der Waals surface area contributed by atoms with E-state index in [1.54, 1.807) is 24.9 Å². The van der Waals surface area contributed by atoms with Crippen LogP contribution in [-0.2, 0) is 4.79 Å². The van der Waals surface area contributed by atoms with E-state index in [2.05, 4.69) is 6.08 Å². The number of amides is 1. The fraction of sp³-hybridized carbons (Fsp3) is 0.429. The second-order valence-corrected chi connectivity index (χ2v) is 5.94. The molecule has 1 aromatic heterocycles. The van der Waals surface area contributed by atoms with Gasteiger partial charge >= 0.3 is 5.97 Å². The van der Waals surface area contributed by atoms with Gasteiger partial charge in [-0.1, -0.05) is 6.08 Å². The van der Waals surface area contributed by atoms with Gasteiger partial charge in [-0.15, -0.1) is 11.3 Å². The number of rotatable bonds is 5. The van der Waals surface area contributed by atoms with Crippen molar-refractivity contribution in [3.8, 4) is 5.75 Å². The maximum atomic E-state index is 12.0. The summed E-state index contributed by atoms with van der Waals surface area (Å²) in [5.74, 6) is -0.933. The van der Waals surface area contributed by atoms with E-state index >= 15 is 0 Å². The van der Waals surface area contributed by atoms with Gasteiger partial charge in [0.25, 0.3) is 5.91 Å². The molecule has 108 valence electrons. The van der Waals surface area contributed by atoms with Crippen LogP contribution in [0.5, 0.6) is 5.75 Å². The first-order valence-electron chi connectivity index (χ1n) is 6.41. The SMILES string of the molecule is Cc1cc(OCC(=O)N(C)C2=CCCC2)c(C(=O)O)s1. The van der Waals surface area contributed by atoms with Gasteiger partial charge in [0.1, 0.15) is 5.75 Å². The van der Waals surface area contributed by atoms with Gasteiger partial charge in [-0.05, 0) is 32.3 Å². The van der Waals surface area contributed by atoms with Crippen LogP contribution in [0.4, 0.5) is 0 Å². The Bertz CT molecular complexity index is 562. The van der Waals surface area contributed by atoms with Crippen LogP contribution in [0.3, 0.4) is 0 Å². The van der Waals surface area contributed by atoms with Gasteiger partial charge in [0, 0.05) is 17.6 Å². The fourth-order valence-electron chi connectivity index (χ4n) is 2.10. The van der Waals surface area contributed by atoms with E-state index in [0.717, 1.165) is 41.2 Å². The predicted molar refractivity (Wildman–Crippen MR) is 76.2 cm³/mol. The third-order valence-corrected chi connectivity index (χ3v) is 4.21. The number of nitrogens with zero attached hydrogens (tertiary/aromatic N) is 1. The van der Waals surface area contributed by atoms with Gasteiger partial charge in [0.15, 0.2) is 11.5 Å². The molecular formula is C14H17NO4S. The Morgan fingerprint density at radius 3 is 2.85 bits per heavy atom. The zero-order chi connectivity index (χ0) is 14.7. The van der Waals surface area contributed by atoms with Crippen molar-refractivity contribution in [1.29, 1.82) is 0 Å². The van der Waals surface area contributed by atoms with Crippen LogP contribution in [-0.4, -0.2) is 35.5 Å².